The molecule has 1 heteroatoms. The SMILES string of the molecule is CC1=C[C@@H]2C=C[C@@H]1[C@@H]1[C@@H]2[C@@H]2[C@@H]1[C@@]1(C)C(=O)[C@@]2(C)C(c2ccccc2)=C1c1ccccc1. The Bertz CT molecular complexity index is 1220. The summed E-state index contributed by atoms with van der Waals surface area (Å²) in [5, 5.41) is 0. The number of hydrogen-bond donors (Lipinski definition) is 0. The first-order valence-corrected chi connectivity index (χ1v) is 11.8. The van der Waals surface area contributed by atoms with Crippen LogP contribution < -0.4 is 0 Å². The van der Waals surface area contributed by atoms with Crippen LogP contribution in [0, 0.1) is 46.3 Å². The zero-order valence-electron chi connectivity index (χ0n) is 18.4. The second-order valence-electron chi connectivity index (χ2n) is 10.8. The molecule has 6 aliphatic carbocycles. The Morgan fingerprint density at radius 3 is 1.74 bits per heavy atom. The first kappa shape index (κ1) is 18.0. The van der Waals surface area contributed by atoms with Crippen LogP contribution in [0.2, 0.25) is 0 Å². The first-order chi connectivity index (χ1) is 15.0. The predicted octanol–water partition coefficient (Wildman–Crippen LogP) is 6.45. The van der Waals surface area contributed by atoms with Crippen LogP contribution in [-0.2, 0) is 4.79 Å². The van der Waals surface area contributed by atoms with Gasteiger partial charge < -0.3 is 0 Å². The molecule has 0 radical (unpaired) electrons. The van der Waals surface area contributed by atoms with Crippen molar-refractivity contribution in [2.45, 2.75) is 20.8 Å². The number of fused-ring (bicyclic) bond motifs is 5. The van der Waals surface area contributed by atoms with Crippen molar-refractivity contribution in [2.75, 3.05) is 0 Å². The van der Waals surface area contributed by atoms with E-state index in [0.717, 1.165) is 0 Å². The zero-order valence-corrected chi connectivity index (χ0v) is 18.4. The summed E-state index contributed by atoms with van der Waals surface area (Å²) in [5.41, 5.74) is 5.78. The third-order valence-electron chi connectivity index (χ3n) is 9.73. The van der Waals surface area contributed by atoms with E-state index in [-0.39, 0.29) is 0 Å². The van der Waals surface area contributed by atoms with E-state index in [9.17, 15) is 4.79 Å². The maximum atomic E-state index is 14.4. The Morgan fingerprint density at radius 2 is 1.23 bits per heavy atom. The summed E-state index contributed by atoms with van der Waals surface area (Å²) in [5.74, 6) is 3.59. The van der Waals surface area contributed by atoms with E-state index in [2.05, 4.69) is 99.7 Å². The van der Waals surface area contributed by atoms with Gasteiger partial charge in [-0.3, -0.25) is 4.79 Å². The molecule has 0 aromatic heterocycles. The third-order valence-corrected chi connectivity index (χ3v) is 9.73. The van der Waals surface area contributed by atoms with Crippen LogP contribution in [0.1, 0.15) is 31.9 Å². The maximum Gasteiger partial charge on any atom is 0.153 e. The van der Waals surface area contributed by atoms with Gasteiger partial charge in [0.05, 0.1) is 10.8 Å². The van der Waals surface area contributed by atoms with Gasteiger partial charge in [-0.1, -0.05) is 84.5 Å². The molecule has 31 heavy (non-hydrogen) atoms. The number of carbonyl (C=O) groups excluding carboxylic acids is 1. The Kier molecular flexibility index (Phi) is 3.23. The van der Waals surface area contributed by atoms with Gasteiger partial charge in [0.1, 0.15) is 0 Å². The fourth-order valence-corrected chi connectivity index (χ4v) is 8.82. The second-order valence-corrected chi connectivity index (χ2v) is 10.8. The maximum absolute atomic E-state index is 14.4. The molecule has 8 rings (SSSR count). The molecule has 0 aliphatic heterocycles. The van der Waals surface area contributed by atoms with Crippen LogP contribution >= 0.6 is 0 Å². The van der Waals surface area contributed by atoms with Gasteiger partial charge in [-0.25, -0.2) is 0 Å². The predicted molar refractivity (Wildman–Crippen MR) is 125 cm³/mol. The molecular formula is C30H28O. The smallest absolute Gasteiger partial charge is 0.153 e. The van der Waals surface area contributed by atoms with E-state index < -0.39 is 10.8 Å². The number of carbonyl (C=O) groups is 1. The lowest BCUT2D eigenvalue weighted by molar-refractivity contribution is -0.127. The van der Waals surface area contributed by atoms with Gasteiger partial charge in [-0.05, 0) is 72.6 Å². The minimum Gasteiger partial charge on any atom is -0.298 e. The monoisotopic (exact) mass is 404 g/mol. The zero-order chi connectivity index (χ0) is 21.1. The average Bonchev–Trinajstić information content (AvgIpc) is 3.03. The molecule has 2 saturated carbocycles. The van der Waals surface area contributed by atoms with E-state index in [0.29, 0.717) is 41.3 Å². The van der Waals surface area contributed by atoms with Gasteiger partial charge in [0.25, 0.3) is 0 Å². The van der Waals surface area contributed by atoms with Crippen molar-refractivity contribution in [3.63, 3.8) is 0 Å². The Labute approximate surface area is 184 Å². The van der Waals surface area contributed by atoms with E-state index in [1.165, 1.54) is 27.8 Å². The van der Waals surface area contributed by atoms with Crippen molar-refractivity contribution in [1.29, 1.82) is 0 Å². The summed E-state index contributed by atoms with van der Waals surface area (Å²) >= 11 is 0. The highest BCUT2D eigenvalue weighted by atomic mass is 16.1. The summed E-state index contributed by atoms with van der Waals surface area (Å²) in [7, 11) is 0. The van der Waals surface area contributed by atoms with E-state index >= 15 is 0 Å². The molecule has 8 atom stereocenters. The lowest BCUT2D eigenvalue weighted by Gasteiger charge is -2.65. The summed E-state index contributed by atoms with van der Waals surface area (Å²) in [6, 6.07) is 21.5. The number of rotatable bonds is 2. The minimum absolute atomic E-state index is 0.403. The number of benzene rings is 2. The Balaban J connectivity index is 1.52. The number of hydrogen-bond acceptors (Lipinski definition) is 1. The molecule has 0 spiro atoms. The molecule has 154 valence electrons. The molecule has 6 aliphatic rings. The molecule has 2 fully saturated rings. The minimum atomic E-state index is -0.404. The Morgan fingerprint density at radius 1 is 0.710 bits per heavy atom. The number of Topliss-reactive ketones (excluding diaryl/α,β-unsaturated/α-hetero) is 1. The van der Waals surface area contributed by atoms with Crippen molar-refractivity contribution in [3.05, 3.63) is 95.6 Å². The summed E-state index contributed by atoms with van der Waals surface area (Å²) in [6.07, 6.45) is 7.37. The third kappa shape index (κ3) is 1.81. The standard InChI is InChI=1S/C30H28O/c1-17-16-20-14-15-21(17)23-22(20)26-27(23)30(3)25(19-12-8-5-9-13-19)24(29(26,2)28(30)31)18-10-6-4-7-11-18/h4-16,20-23,26-27H,1-3H3/t20-,21-,22+,23+,26+,27+,29-,30-/m0/s1. The van der Waals surface area contributed by atoms with Crippen molar-refractivity contribution in [2.24, 2.45) is 46.3 Å². The van der Waals surface area contributed by atoms with E-state index in [1.54, 1.807) is 0 Å². The van der Waals surface area contributed by atoms with Crippen molar-refractivity contribution in [3.8, 4) is 0 Å². The molecule has 2 aromatic rings. The van der Waals surface area contributed by atoms with Crippen LogP contribution in [-0.4, -0.2) is 5.78 Å². The fourth-order valence-electron chi connectivity index (χ4n) is 8.82. The van der Waals surface area contributed by atoms with E-state index in [1.807, 2.05) is 0 Å². The highest BCUT2D eigenvalue weighted by Gasteiger charge is 2.81. The molecule has 0 unspecified atom stereocenters. The van der Waals surface area contributed by atoms with Crippen molar-refractivity contribution >= 4 is 16.9 Å². The summed E-state index contributed by atoms with van der Waals surface area (Å²) < 4.78 is 0. The van der Waals surface area contributed by atoms with Crippen molar-refractivity contribution < 1.29 is 4.79 Å². The molecule has 2 aromatic carbocycles. The van der Waals surface area contributed by atoms with Crippen LogP contribution in [0.3, 0.4) is 0 Å². The normalized spacial score (nSPS) is 43.6. The summed E-state index contributed by atoms with van der Waals surface area (Å²) in [6.45, 7) is 6.88. The van der Waals surface area contributed by atoms with Crippen LogP contribution in [0.15, 0.2) is 84.5 Å². The number of ketones is 1. The van der Waals surface area contributed by atoms with E-state index in [4.69, 9.17) is 0 Å². The lowest BCUT2D eigenvalue weighted by Crippen LogP contribution is -2.61. The topological polar surface area (TPSA) is 17.1 Å². The molecule has 0 N–H and O–H groups in total. The Hall–Kier alpha value is -2.67. The molecule has 0 saturated heterocycles. The molecule has 4 bridgehead atoms. The largest absolute Gasteiger partial charge is 0.298 e. The van der Waals surface area contributed by atoms with Crippen molar-refractivity contribution in [1.82, 2.24) is 0 Å². The van der Waals surface area contributed by atoms with Gasteiger partial charge in [0.15, 0.2) is 5.78 Å². The highest BCUT2D eigenvalue weighted by Crippen LogP contribution is 2.82. The average molecular weight is 405 g/mol. The quantitative estimate of drug-likeness (QED) is 0.526. The van der Waals surface area contributed by atoms with Gasteiger partial charge in [0, 0.05) is 5.92 Å². The van der Waals surface area contributed by atoms with Gasteiger partial charge in [-0.15, -0.1) is 0 Å². The highest BCUT2D eigenvalue weighted by molar-refractivity contribution is 6.23. The molecule has 1 nitrogen and oxygen atoms in total. The van der Waals surface area contributed by atoms with Crippen LogP contribution in [0.5, 0.6) is 0 Å². The van der Waals surface area contributed by atoms with Gasteiger partial charge in [0.2, 0.25) is 0 Å². The first-order valence-electron chi connectivity index (χ1n) is 11.8. The van der Waals surface area contributed by atoms with Crippen LogP contribution in [0.4, 0.5) is 0 Å². The number of allylic oxidation sites excluding steroid dienone is 6. The molecule has 0 heterocycles. The summed E-state index contributed by atoms with van der Waals surface area (Å²) in [4.78, 5) is 14.4. The second kappa shape index (κ2) is 5.57. The van der Waals surface area contributed by atoms with Gasteiger partial charge >= 0.3 is 0 Å². The van der Waals surface area contributed by atoms with Crippen LogP contribution in [0.25, 0.3) is 11.1 Å². The van der Waals surface area contributed by atoms with Gasteiger partial charge in [-0.2, -0.15) is 0 Å². The lowest BCUT2D eigenvalue weighted by atomic mass is 9.37. The molecule has 0 amide bonds. The molecular weight excluding hydrogens is 376 g/mol. The fraction of sp³-hybridized carbons (Fsp3) is 0.367.